The first-order valence-electron chi connectivity index (χ1n) is 8.74. The van der Waals surface area contributed by atoms with E-state index in [4.69, 9.17) is 4.74 Å². The molecule has 0 saturated heterocycles. The van der Waals surface area contributed by atoms with E-state index in [0.29, 0.717) is 25.2 Å². The van der Waals surface area contributed by atoms with Crippen LogP contribution in [-0.2, 0) is 15.1 Å². The second kappa shape index (κ2) is 8.08. The van der Waals surface area contributed by atoms with Gasteiger partial charge in [-0.3, -0.25) is 4.79 Å². The second-order valence-electron chi connectivity index (χ2n) is 6.90. The number of hydrogen-bond acceptors (Lipinski definition) is 3. The molecule has 0 bridgehead atoms. The van der Waals surface area contributed by atoms with Gasteiger partial charge in [-0.25, -0.2) is 4.39 Å². The molecule has 134 valence electrons. The summed E-state index contributed by atoms with van der Waals surface area (Å²) in [5.41, 5.74) is -1.03. The Morgan fingerprint density at radius 2 is 1.96 bits per heavy atom. The van der Waals surface area contributed by atoms with Crippen LogP contribution in [0.5, 0.6) is 0 Å². The monoisotopic (exact) mass is 337 g/mol. The van der Waals surface area contributed by atoms with Gasteiger partial charge in [-0.05, 0) is 50.8 Å². The standard InChI is InChI=1S/C19H28FNO3/c1-3-24-13-12-19(10-4-5-11-19)17(22)21-14-18(2,23)15-6-8-16(20)9-7-15/h6-9,23H,3-5,10-14H2,1-2H3,(H,21,22). The number of nitrogens with one attached hydrogen (secondary N) is 1. The maximum atomic E-state index is 13.0. The van der Waals surface area contributed by atoms with E-state index in [1.807, 2.05) is 6.92 Å². The molecule has 1 saturated carbocycles. The summed E-state index contributed by atoms with van der Waals surface area (Å²) in [6, 6.07) is 5.71. The Labute approximate surface area is 143 Å². The summed E-state index contributed by atoms with van der Waals surface area (Å²) in [5.74, 6) is -0.360. The highest BCUT2D eigenvalue weighted by molar-refractivity contribution is 5.83. The summed E-state index contributed by atoms with van der Waals surface area (Å²) in [4.78, 5) is 12.8. The number of carbonyl (C=O) groups is 1. The average Bonchev–Trinajstić information content (AvgIpc) is 3.03. The van der Waals surface area contributed by atoms with Crippen molar-refractivity contribution in [2.24, 2.45) is 5.41 Å². The molecule has 5 heteroatoms. The Kier molecular flexibility index (Phi) is 6.35. The van der Waals surface area contributed by atoms with Crippen molar-refractivity contribution in [2.45, 2.75) is 51.6 Å². The number of carbonyl (C=O) groups excluding carboxylic acids is 1. The highest BCUT2D eigenvalue weighted by Gasteiger charge is 2.41. The fraction of sp³-hybridized carbons (Fsp3) is 0.632. The molecule has 1 aromatic rings. The van der Waals surface area contributed by atoms with E-state index >= 15 is 0 Å². The number of aliphatic hydroxyl groups is 1. The summed E-state index contributed by atoms with van der Waals surface area (Å²) < 4.78 is 18.5. The quantitative estimate of drug-likeness (QED) is 0.717. The van der Waals surface area contributed by atoms with Crippen LogP contribution in [0, 0.1) is 11.2 Å². The van der Waals surface area contributed by atoms with Crippen molar-refractivity contribution in [3.8, 4) is 0 Å². The van der Waals surface area contributed by atoms with E-state index in [1.165, 1.54) is 12.1 Å². The molecule has 2 N–H and O–H groups in total. The molecule has 1 aromatic carbocycles. The largest absolute Gasteiger partial charge is 0.384 e. The molecule has 1 atom stereocenters. The Bertz CT molecular complexity index is 536. The summed E-state index contributed by atoms with van der Waals surface area (Å²) in [6.07, 6.45) is 4.54. The van der Waals surface area contributed by atoms with Crippen molar-refractivity contribution in [3.63, 3.8) is 0 Å². The van der Waals surface area contributed by atoms with Crippen molar-refractivity contribution < 1.29 is 19.0 Å². The van der Waals surface area contributed by atoms with E-state index in [9.17, 15) is 14.3 Å². The SMILES string of the molecule is CCOCCC1(C(=O)NCC(C)(O)c2ccc(F)cc2)CCCC1. The van der Waals surface area contributed by atoms with Gasteiger partial charge in [-0.2, -0.15) is 0 Å². The summed E-state index contributed by atoms with van der Waals surface area (Å²) in [7, 11) is 0. The number of ether oxygens (including phenoxy) is 1. The zero-order valence-electron chi connectivity index (χ0n) is 14.6. The average molecular weight is 337 g/mol. The molecular weight excluding hydrogens is 309 g/mol. The lowest BCUT2D eigenvalue weighted by Crippen LogP contribution is -2.45. The van der Waals surface area contributed by atoms with Crippen LogP contribution < -0.4 is 5.32 Å². The molecule has 1 aliphatic carbocycles. The van der Waals surface area contributed by atoms with Crippen LogP contribution in [0.25, 0.3) is 0 Å². The predicted molar refractivity (Wildman–Crippen MR) is 91.0 cm³/mol. The minimum Gasteiger partial charge on any atom is -0.384 e. The van der Waals surface area contributed by atoms with Crippen molar-refractivity contribution in [1.82, 2.24) is 5.32 Å². The van der Waals surface area contributed by atoms with Crippen molar-refractivity contribution in [3.05, 3.63) is 35.6 Å². The van der Waals surface area contributed by atoms with Crippen LogP contribution in [0.2, 0.25) is 0 Å². The highest BCUT2D eigenvalue weighted by Crippen LogP contribution is 2.41. The van der Waals surface area contributed by atoms with Gasteiger partial charge in [0, 0.05) is 13.2 Å². The topological polar surface area (TPSA) is 58.6 Å². The van der Waals surface area contributed by atoms with Gasteiger partial charge in [-0.15, -0.1) is 0 Å². The van der Waals surface area contributed by atoms with Crippen LogP contribution in [0.15, 0.2) is 24.3 Å². The van der Waals surface area contributed by atoms with E-state index in [0.717, 1.165) is 25.7 Å². The lowest BCUT2D eigenvalue weighted by molar-refractivity contribution is -0.133. The fourth-order valence-electron chi connectivity index (χ4n) is 3.41. The Morgan fingerprint density at radius 3 is 2.54 bits per heavy atom. The second-order valence-corrected chi connectivity index (χ2v) is 6.90. The van der Waals surface area contributed by atoms with Crippen LogP contribution >= 0.6 is 0 Å². The van der Waals surface area contributed by atoms with Gasteiger partial charge in [0.1, 0.15) is 11.4 Å². The van der Waals surface area contributed by atoms with E-state index < -0.39 is 5.60 Å². The first kappa shape index (κ1) is 18.9. The van der Waals surface area contributed by atoms with Gasteiger partial charge >= 0.3 is 0 Å². The first-order chi connectivity index (χ1) is 11.4. The summed E-state index contributed by atoms with van der Waals surface area (Å²) in [5, 5.41) is 13.5. The molecule has 4 nitrogen and oxygen atoms in total. The van der Waals surface area contributed by atoms with E-state index in [-0.39, 0.29) is 23.7 Å². The molecule has 1 unspecified atom stereocenters. The molecule has 1 aliphatic rings. The predicted octanol–water partition coefficient (Wildman–Crippen LogP) is 3.14. The number of benzene rings is 1. The number of halogens is 1. The molecular formula is C19H28FNO3. The normalized spacial score (nSPS) is 19.0. The van der Waals surface area contributed by atoms with Crippen LogP contribution in [-0.4, -0.2) is 30.8 Å². The third kappa shape index (κ3) is 4.54. The van der Waals surface area contributed by atoms with Crippen LogP contribution in [0.1, 0.15) is 51.5 Å². The molecule has 1 fully saturated rings. The maximum absolute atomic E-state index is 13.0. The third-order valence-electron chi connectivity index (χ3n) is 5.03. The molecule has 0 spiro atoms. The van der Waals surface area contributed by atoms with Gasteiger partial charge in [0.2, 0.25) is 5.91 Å². The van der Waals surface area contributed by atoms with Gasteiger partial charge in [0.15, 0.2) is 0 Å². The van der Waals surface area contributed by atoms with Crippen molar-refractivity contribution in [1.29, 1.82) is 0 Å². The molecule has 0 aliphatic heterocycles. The third-order valence-corrected chi connectivity index (χ3v) is 5.03. The first-order valence-corrected chi connectivity index (χ1v) is 8.74. The summed E-state index contributed by atoms with van der Waals surface area (Å²) >= 11 is 0. The van der Waals surface area contributed by atoms with Gasteiger partial charge in [0.25, 0.3) is 0 Å². The Balaban J connectivity index is 1.98. The number of hydrogen-bond donors (Lipinski definition) is 2. The minimum atomic E-state index is -1.23. The van der Waals surface area contributed by atoms with Crippen molar-refractivity contribution in [2.75, 3.05) is 19.8 Å². The molecule has 1 amide bonds. The minimum absolute atomic E-state index is 0.0120. The lowest BCUT2D eigenvalue weighted by atomic mass is 9.81. The fourth-order valence-corrected chi connectivity index (χ4v) is 3.41. The summed E-state index contributed by atoms with van der Waals surface area (Å²) in [6.45, 7) is 4.91. The number of amides is 1. The molecule has 2 rings (SSSR count). The number of rotatable bonds is 8. The van der Waals surface area contributed by atoms with Crippen LogP contribution in [0.4, 0.5) is 4.39 Å². The smallest absolute Gasteiger partial charge is 0.226 e. The zero-order chi connectivity index (χ0) is 17.6. The van der Waals surface area contributed by atoms with Gasteiger partial charge < -0.3 is 15.2 Å². The molecule has 24 heavy (non-hydrogen) atoms. The zero-order valence-corrected chi connectivity index (χ0v) is 14.6. The van der Waals surface area contributed by atoms with Gasteiger partial charge in [-0.1, -0.05) is 25.0 Å². The van der Waals surface area contributed by atoms with Gasteiger partial charge in [0.05, 0.1) is 12.0 Å². The Hall–Kier alpha value is -1.46. The van der Waals surface area contributed by atoms with Crippen LogP contribution in [0.3, 0.4) is 0 Å². The Morgan fingerprint density at radius 1 is 1.33 bits per heavy atom. The molecule has 0 heterocycles. The molecule has 0 aromatic heterocycles. The lowest BCUT2D eigenvalue weighted by Gasteiger charge is -2.30. The van der Waals surface area contributed by atoms with Crippen molar-refractivity contribution >= 4 is 5.91 Å². The maximum Gasteiger partial charge on any atom is 0.226 e. The van der Waals surface area contributed by atoms with E-state index in [2.05, 4.69) is 5.32 Å². The molecule has 0 radical (unpaired) electrons. The highest BCUT2D eigenvalue weighted by atomic mass is 19.1. The van der Waals surface area contributed by atoms with E-state index in [1.54, 1.807) is 19.1 Å².